The molecule has 3 N–H and O–H groups in total. The maximum Gasteiger partial charge on any atom is 0.222 e. The molecule has 0 bridgehead atoms. The molecule has 0 spiro atoms. The Morgan fingerprint density at radius 1 is 1.33 bits per heavy atom. The molecule has 3 rings (SSSR count). The predicted molar refractivity (Wildman–Crippen MR) is 81.0 cm³/mol. The highest BCUT2D eigenvalue weighted by atomic mass is 15.4. The van der Waals surface area contributed by atoms with E-state index in [4.69, 9.17) is 5.73 Å². The molecule has 1 aliphatic rings. The molecule has 0 saturated carbocycles. The van der Waals surface area contributed by atoms with Crippen molar-refractivity contribution in [1.29, 1.82) is 0 Å². The van der Waals surface area contributed by atoms with Crippen LogP contribution in [0.3, 0.4) is 0 Å². The Kier molecular flexibility index (Phi) is 3.48. The van der Waals surface area contributed by atoms with Crippen LogP contribution in [0.1, 0.15) is 43.5 Å². The van der Waals surface area contributed by atoms with E-state index >= 15 is 0 Å². The van der Waals surface area contributed by atoms with Crippen molar-refractivity contribution in [3.63, 3.8) is 0 Å². The zero-order valence-corrected chi connectivity index (χ0v) is 12.7. The highest BCUT2D eigenvalue weighted by Crippen LogP contribution is 2.19. The van der Waals surface area contributed by atoms with Gasteiger partial charge in [0.1, 0.15) is 11.6 Å². The molecule has 7 nitrogen and oxygen atoms in total. The van der Waals surface area contributed by atoms with Gasteiger partial charge in [0.25, 0.3) is 0 Å². The molecule has 0 aliphatic carbocycles. The molecule has 1 atom stereocenters. The molecule has 0 aromatic carbocycles. The summed E-state index contributed by atoms with van der Waals surface area (Å²) < 4.78 is 2.01. The zero-order chi connectivity index (χ0) is 15.0. The fourth-order valence-electron chi connectivity index (χ4n) is 2.57. The second-order valence-electron chi connectivity index (χ2n) is 5.86. The summed E-state index contributed by atoms with van der Waals surface area (Å²) in [6.07, 6.45) is 1.94. The quantitative estimate of drug-likeness (QED) is 0.888. The van der Waals surface area contributed by atoms with E-state index in [1.54, 1.807) is 0 Å². The Labute approximate surface area is 124 Å². The summed E-state index contributed by atoms with van der Waals surface area (Å²) in [4.78, 5) is 12.9. The van der Waals surface area contributed by atoms with Crippen LogP contribution in [0.25, 0.3) is 0 Å². The van der Waals surface area contributed by atoms with Gasteiger partial charge in [0, 0.05) is 30.1 Å². The van der Waals surface area contributed by atoms with E-state index in [0.717, 1.165) is 42.5 Å². The molecule has 2 aromatic rings. The van der Waals surface area contributed by atoms with E-state index in [1.807, 2.05) is 17.7 Å². The fraction of sp³-hybridized carbons (Fsp3) is 0.571. The lowest BCUT2D eigenvalue weighted by Gasteiger charge is -2.24. The number of hydrogen-bond acceptors (Lipinski definition) is 6. The van der Waals surface area contributed by atoms with Gasteiger partial charge in [-0.15, -0.1) is 0 Å². The summed E-state index contributed by atoms with van der Waals surface area (Å²) >= 11 is 0. The summed E-state index contributed by atoms with van der Waals surface area (Å²) in [5, 5.41) is 8.01. The van der Waals surface area contributed by atoms with Gasteiger partial charge in [0.2, 0.25) is 5.95 Å². The maximum absolute atomic E-state index is 5.69. The Hall–Kier alpha value is -2.18. The number of anilines is 2. The van der Waals surface area contributed by atoms with Crippen molar-refractivity contribution < 1.29 is 0 Å². The number of nitrogen functional groups attached to an aromatic ring is 1. The predicted octanol–water partition coefficient (Wildman–Crippen LogP) is 1.51. The highest BCUT2D eigenvalue weighted by Gasteiger charge is 2.22. The highest BCUT2D eigenvalue weighted by molar-refractivity contribution is 5.41. The lowest BCUT2D eigenvalue weighted by Crippen LogP contribution is -2.32. The average Bonchev–Trinajstić information content (AvgIpc) is 2.80. The van der Waals surface area contributed by atoms with Crippen LogP contribution in [0, 0.1) is 6.92 Å². The number of aryl methyl sites for hydroxylation is 2. The first-order valence-corrected chi connectivity index (χ1v) is 7.32. The lowest BCUT2D eigenvalue weighted by atomic mass is 10.1. The number of nitrogens with zero attached hydrogens (tertiary/aromatic N) is 5. The number of nitrogens with two attached hydrogens (primary N) is 1. The molecule has 0 amide bonds. The number of hydrogen-bond donors (Lipinski definition) is 2. The first-order valence-electron chi connectivity index (χ1n) is 7.32. The van der Waals surface area contributed by atoms with Crippen LogP contribution in [0.2, 0.25) is 0 Å². The summed E-state index contributed by atoms with van der Waals surface area (Å²) in [5.74, 6) is 3.44. The largest absolute Gasteiger partial charge is 0.368 e. The average molecular weight is 287 g/mol. The molecule has 0 saturated heterocycles. The van der Waals surface area contributed by atoms with Crippen molar-refractivity contribution >= 4 is 11.8 Å². The number of fused-ring (bicyclic) bond motifs is 1. The topological polar surface area (TPSA) is 94.5 Å². The van der Waals surface area contributed by atoms with E-state index in [9.17, 15) is 0 Å². The third-order valence-electron chi connectivity index (χ3n) is 3.61. The van der Waals surface area contributed by atoms with Crippen LogP contribution in [-0.2, 0) is 13.0 Å². The van der Waals surface area contributed by atoms with Crippen molar-refractivity contribution in [1.82, 2.24) is 24.7 Å². The van der Waals surface area contributed by atoms with Crippen molar-refractivity contribution in [3.05, 3.63) is 23.4 Å². The first kappa shape index (κ1) is 13.8. The smallest absolute Gasteiger partial charge is 0.222 e. The van der Waals surface area contributed by atoms with Crippen molar-refractivity contribution in [2.75, 3.05) is 11.1 Å². The molecule has 0 radical (unpaired) electrons. The minimum Gasteiger partial charge on any atom is -0.368 e. The number of rotatable bonds is 3. The molecular weight excluding hydrogens is 266 g/mol. The Morgan fingerprint density at radius 3 is 2.86 bits per heavy atom. The van der Waals surface area contributed by atoms with Crippen LogP contribution in [0.15, 0.2) is 6.07 Å². The van der Waals surface area contributed by atoms with Crippen molar-refractivity contribution in [2.24, 2.45) is 0 Å². The molecule has 2 aromatic heterocycles. The SMILES string of the molecule is Cc1cc(NC2CCc3nc(C(C)C)nn3C2)nc(N)n1. The van der Waals surface area contributed by atoms with Crippen LogP contribution >= 0.6 is 0 Å². The summed E-state index contributed by atoms with van der Waals surface area (Å²) in [6.45, 7) is 6.94. The first-order chi connectivity index (χ1) is 10.0. The van der Waals surface area contributed by atoms with E-state index in [-0.39, 0.29) is 6.04 Å². The van der Waals surface area contributed by atoms with Gasteiger partial charge in [-0.05, 0) is 13.3 Å². The van der Waals surface area contributed by atoms with Crippen LogP contribution in [0.5, 0.6) is 0 Å². The Bertz CT molecular complexity index is 627. The zero-order valence-electron chi connectivity index (χ0n) is 12.7. The molecule has 1 aliphatic heterocycles. The monoisotopic (exact) mass is 287 g/mol. The van der Waals surface area contributed by atoms with Gasteiger partial charge in [0.05, 0.1) is 6.54 Å². The van der Waals surface area contributed by atoms with Gasteiger partial charge in [-0.25, -0.2) is 14.6 Å². The molecule has 112 valence electrons. The van der Waals surface area contributed by atoms with E-state index in [2.05, 4.69) is 39.2 Å². The third kappa shape index (κ3) is 2.96. The Balaban J connectivity index is 1.74. The molecule has 0 fully saturated rings. The number of aromatic nitrogens is 5. The van der Waals surface area contributed by atoms with Gasteiger partial charge < -0.3 is 11.1 Å². The van der Waals surface area contributed by atoms with E-state index in [0.29, 0.717) is 11.9 Å². The normalized spacial score (nSPS) is 17.8. The fourth-order valence-corrected chi connectivity index (χ4v) is 2.57. The van der Waals surface area contributed by atoms with E-state index in [1.165, 1.54) is 0 Å². The minimum absolute atomic E-state index is 0.285. The maximum atomic E-state index is 5.69. The number of nitrogens with one attached hydrogen (secondary N) is 1. The van der Waals surface area contributed by atoms with Crippen molar-refractivity contribution in [2.45, 2.75) is 52.1 Å². The Morgan fingerprint density at radius 2 is 2.14 bits per heavy atom. The molecular formula is C14H21N7. The summed E-state index contributed by atoms with van der Waals surface area (Å²) in [6, 6.07) is 2.19. The van der Waals surface area contributed by atoms with Gasteiger partial charge in [-0.1, -0.05) is 13.8 Å². The molecule has 21 heavy (non-hydrogen) atoms. The molecule has 1 unspecified atom stereocenters. The van der Waals surface area contributed by atoms with Gasteiger partial charge in [-0.2, -0.15) is 10.1 Å². The standard InChI is InChI=1S/C14H21N7/c1-8(2)13-19-12-5-4-10(7-21(12)20-13)17-11-6-9(3)16-14(15)18-11/h6,8,10H,4-5,7H2,1-3H3,(H3,15,16,17,18). The lowest BCUT2D eigenvalue weighted by molar-refractivity contribution is 0.439. The van der Waals surface area contributed by atoms with Gasteiger partial charge in [0.15, 0.2) is 5.82 Å². The second-order valence-corrected chi connectivity index (χ2v) is 5.86. The molecule has 3 heterocycles. The van der Waals surface area contributed by atoms with Crippen LogP contribution in [0.4, 0.5) is 11.8 Å². The van der Waals surface area contributed by atoms with E-state index < -0.39 is 0 Å². The summed E-state index contributed by atoms with van der Waals surface area (Å²) in [7, 11) is 0. The molecule has 7 heteroatoms. The second kappa shape index (κ2) is 5.31. The summed E-state index contributed by atoms with van der Waals surface area (Å²) in [5.41, 5.74) is 6.55. The van der Waals surface area contributed by atoms with Crippen LogP contribution < -0.4 is 11.1 Å². The minimum atomic E-state index is 0.285. The van der Waals surface area contributed by atoms with Gasteiger partial charge >= 0.3 is 0 Å². The third-order valence-corrected chi connectivity index (χ3v) is 3.61. The van der Waals surface area contributed by atoms with Crippen molar-refractivity contribution in [3.8, 4) is 0 Å². The van der Waals surface area contributed by atoms with Crippen LogP contribution in [-0.4, -0.2) is 30.8 Å². The van der Waals surface area contributed by atoms with Gasteiger partial charge in [-0.3, -0.25) is 0 Å².